The predicted octanol–water partition coefficient (Wildman–Crippen LogP) is -0.961. The average molecular weight is 434 g/mol. The van der Waals surface area contributed by atoms with Gasteiger partial charge in [0, 0.05) is 6.54 Å². The number of rotatable bonds is 10. The molecule has 0 aliphatic carbocycles. The molecule has 2 amide bonds. The van der Waals surface area contributed by atoms with Crippen LogP contribution in [0, 0.1) is 5.92 Å². The smallest absolute Gasteiger partial charge is 0.245 e. The SMILES string of the molecule is CC(C)CC(NC(=O)[C@H](CO)NC(=O)[C@@H]1Cc2ccccc2CN1)C(=O)C1(CO)CO1. The molecule has 0 aromatic heterocycles. The number of fused-ring (bicyclic) bond motifs is 1. The molecule has 170 valence electrons. The van der Waals surface area contributed by atoms with Gasteiger partial charge in [-0.3, -0.25) is 14.4 Å². The maximum Gasteiger partial charge on any atom is 0.245 e. The molecular weight excluding hydrogens is 402 g/mol. The van der Waals surface area contributed by atoms with Crippen LogP contribution in [0.1, 0.15) is 31.4 Å². The number of hydrogen-bond donors (Lipinski definition) is 5. The molecule has 0 radical (unpaired) electrons. The Labute approximate surface area is 181 Å². The van der Waals surface area contributed by atoms with Crippen LogP contribution in [0.3, 0.4) is 0 Å². The van der Waals surface area contributed by atoms with Crippen LogP contribution in [0.15, 0.2) is 24.3 Å². The molecule has 1 fully saturated rings. The highest BCUT2D eigenvalue weighted by Crippen LogP contribution is 2.30. The number of benzene rings is 1. The number of aliphatic hydroxyl groups is 2. The maximum absolute atomic E-state index is 12.8. The van der Waals surface area contributed by atoms with E-state index in [9.17, 15) is 24.6 Å². The summed E-state index contributed by atoms with van der Waals surface area (Å²) in [7, 11) is 0. The van der Waals surface area contributed by atoms with Gasteiger partial charge < -0.3 is 30.9 Å². The van der Waals surface area contributed by atoms with Crippen LogP contribution in [0.25, 0.3) is 0 Å². The van der Waals surface area contributed by atoms with E-state index in [1.165, 1.54) is 0 Å². The molecule has 2 unspecified atom stereocenters. The molecule has 1 aromatic rings. The molecule has 1 aromatic carbocycles. The predicted molar refractivity (Wildman–Crippen MR) is 112 cm³/mol. The van der Waals surface area contributed by atoms with Crippen molar-refractivity contribution >= 4 is 17.6 Å². The quantitative estimate of drug-likeness (QED) is 0.299. The van der Waals surface area contributed by atoms with E-state index in [-0.39, 0.29) is 12.5 Å². The van der Waals surface area contributed by atoms with E-state index in [4.69, 9.17) is 4.74 Å². The minimum atomic E-state index is -1.26. The van der Waals surface area contributed by atoms with Crippen LogP contribution in [0.2, 0.25) is 0 Å². The number of epoxide rings is 1. The molecule has 9 nitrogen and oxygen atoms in total. The fourth-order valence-electron chi connectivity index (χ4n) is 3.80. The van der Waals surface area contributed by atoms with Crippen molar-refractivity contribution < 1.29 is 29.3 Å². The normalized spacial score (nSPS) is 24.1. The summed E-state index contributed by atoms with van der Waals surface area (Å²) in [6, 6.07) is 5.21. The molecule has 2 heterocycles. The zero-order valence-corrected chi connectivity index (χ0v) is 17.9. The van der Waals surface area contributed by atoms with E-state index in [1.807, 2.05) is 38.1 Å². The topological polar surface area (TPSA) is 140 Å². The summed E-state index contributed by atoms with van der Waals surface area (Å²) >= 11 is 0. The number of Topliss-reactive ketones (excluding diaryl/α,β-unsaturated/α-hetero) is 1. The molecule has 3 rings (SSSR count). The zero-order valence-electron chi connectivity index (χ0n) is 17.9. The average Bonchev–Trinajstić information content (AvgIpc) is 3.56. The molecule has 4 atom stereocenters. The molecule has 9 heteroatoms. The number of ketones is 1. The molecule has 2 aliphatic heterocycles. The van der Waals surface area contributed by atoms with Gasteiger partial charge in [-0.25, -0.2) is 0 Å². The zero-order chi connectivity index (χ0) is 22.6. The lowest BCUT2D eigenvalue weighted by Crippen LogP contribution is -2.58. The Kier molecular flexibility index (Phi) is 7.42. The van der Waals surface area contributed by atoms with E-state index >= 15 is 0 Å². The molecular formula is C22H31N3O6. The van der Waals surface area contributed by atoms with Crippen LogP contribution < -0.4 is 16.0 Å². The fraction of sp³-hybridized carbons (Fsp3) is 0.591. The van der Waals surface area contributed by atoms with Gasteiger partial charge >= 0.3 is 0 Å². The summed E-state index contributed by atoms with van der Waals surface area (Å²) in [5, 5.41) is 27.5. The van der Waals surface area contributed by atoms with Gasteiger partial charge in [-0.2, -0.15) is 0 Å². The molecule has 31 heavy (non-hydrogen) atoms. The Morgan fingerprint density at radius 2 is 1.84 bits per heavy atom. The summed E-state index contributed by atoms with van der Waals surface area (Å²) in [6.45, 7) is 3.41. The van der Waals surface area contributed by atoms with E-state index in [0.717, 1.165) is 11.1 Å². The number of nitrogens with one attached hydrogen (secondary N) is 3. The van der Waals surface area contributed by atoms with E-state index < -0.39 is 54.5 Å². The van der Waals surface area contributed by atoms with Gasteiger partial charge in [0.1, 0.15) is 6.04 Å². The highest BCUT2D eigenvalue weighted by molar-refractivity contribution is 5.98. The molecule has 0 spiro atoms. The molecule has 2 aliphatic rings. The van der Waals surface area contributed by atoms with Gasteiger partial charge in [-0.1, -0.05) is 38.1 Å². The summed E-state index contributed by atoms with van der Waals surface area (Å²) in [5.74, 6) is -1.35. The molecule has 5 N–H and O–H groups in total. The van der Waals surface area contributed by atoms with E-state index in [1.54, 1.807) is 0 Å². The number of carbonyl (C=O) groups is 3. The van der Waals surface area contributed by atoms with Gasteiger partial charge in [0.2, 0.25) is 11.8 Å². The first-order valence-electron chi connectivity index (χ1n) is 10.6. The van der Waals surface area contributed by atoms with Gasteiger partial charge in [0.05, 0.1) is 31.9 Å². The van der Waals surface area contributed by atoms with Crippen LogP contribution in [0.4, 0.5) is 0 Å². The lowest BCUT2D eigenvalue weighted by atomic mass is 9.92. The second kappa shape index (κ2) is 9.86. The Morgan fingerprint density at radius 3 is 2.42 bits per heavy atom. The third kappa shape index (κ3) is 5.48. The Morgan fingerprint density at radius 1 is 1.16 bits per heavy atom. The monoisotopic (exact) mass is 433 g/mol. The van der Waals surface area contributed by atoms with Crippen molar-refractivity contribution in [2.45, 2.75) is 57.0 Å². The highest BCUT2D eigenvalue weighted by atomic mass is 16.6. The first kappa shape index (κ1) is 23.3. The Balaban J connectivity index is 1.62. The van der Waals surface area contributed by atoms with Crippen molar-refractivity contribution in [3.8, 4) is 0 Å². The summed E-state index contributed by atoms with van der Waals surface area (Å²) in [4.78, 5) is 38.2. The van der Waals surface area contributed by atoms with Crippen LogP contribution in [0.5, 0.6) is 0 Å². The van der Waals surface area contributed by atoms with Gasteiger partial charge in [-0.05, 0) is 29.9 Å². The third-order valence-electron chi connectivity index (χ3n) is 5.75. The van der Waals surface area contributed by atoms with Gasteiger partial charge in [-0.15, -0.1) is 0 Å². The van der Waals surface area contributed by atoms with Gasteiger partial charge in [0.15, 0.2) is 11.4 Å². The maximum atomic E-state index is 12.8. The van der Waals surface area contributed by atoms with Crippen LogP contribution in [-0.4, -0.2) is 71.4 Å². The third-order valence-corrected chi connectivity index (χ3v) is 5.75. The highest BCUT2D eigenvalue weighted by Gasteiger charge is 2.54. The van der Waals surface area contributed by atoms with Crippen LogP contribution >= 0.6 is 0 Å². The summed E-state index contributed by atoms with van der Waals surface area (Å²) in [5.41, 5.74) is 0.926. The standard InChI is InChI=1S/C22H31N3O6/c1-13(2)7-16(19(28)22(11-27)12-31-22)24-21(30)18(10-26)25-20(29)17-8-14-5-3-4-6-15(14)9-23-17/h3-6,13,16-18,23,26-27H,7-12H2,1-2H3,(H,24,30)(H,25,29)/t16?,17-,18-,22?/m0/s1. The number of aliphatic hydroxyl groups excluding tert-OH is 2. The van der Waals surface area contributed by atoms with Crippen molar-refractivity contribution in [2.75, 3.05) is 19.8 Å². The fourth-order valence-corrected chi connectivity index (χ4v) is 3.80. The van der Waals surface area contributed by atoms with Crippen molar-refractivity contribution in [1.29, 1.82) is 0 Å². The molecule has 0 saturated carbocycles. The lowest BCUT2D eigenvalue weighted by molar-refractivity contribution is -0.135. The number of ether oxygens (including phenoxy) is 1. The van der Waals surface area contributed by atoms with Crippen molar-refractivity contribution in [1.82, 2.24) is 16.0 Å². The minimum Gasteiger partial charge on any atom is -0.394 e. The second-order valence-corrected chi connectivity index (χ2v) is 8.65. The Bertz CT molecular complexity index is 823. The van der Waals surface area contributed by atoms with Crippen molar-refractivity contribution in [3.05, 3.63) is 35.4 Å². The first-order valence-corrected chi connectivity index (χ1v) is 10.6. The van der Waals surface area contributed by atoms with Crippen molar-refractivity contribution in [3.63, 3.8) is 0 Å². The lowest BCUT2D eigenvalue weighted by Gasteiger charge is -2.28. The van der Waals surface area contributed by atoms with Crippen LogP contribution in [-0.2, 0) is 32.1 Å². The number of amides is 2. The first-order chi connectivity index (χ1) is 14.8. The van der Waals surface area contributed by atoms with E-state index in [0.29, 0.717) is 19.4 Å². The van der Waals surface area contributed by atoms with Crippen molar-refractivity contribution in [2.24, 2.45) is 5.92 Å². The number of hydrogen-bond acceptors (Lipinski definition) is 7. The number of carbonyl (C=O) groups excluding carboxylic acids is 3. The largest absolute Gasteiger partial charge is 0.394 e. The van der Waals surface area contributed by atoms with Gasteiger partial charge in [0.25, 0.3) is 0 Å². The summed E-state index contributed by atoms with van der Waals surface area (Å²) in [6.07, 6.45) is 0.829. The molecule has 1 saturated heterocycles. The minimum absolute atomic E-state index is 0.0948. The molecule has 0 bridgehead atoms. The second-order valence-electron chi connectivity index (χ2n) is 8.65. The summed E-state index contributed by atoms with van der Waals surface area (Å²) < 4.78 is 5.13. The Hall–Kier alpha value is -2.33. The van der Waals surface area contributed by atoms with E-state index in [2.05, 4.69) is 16.0 Å².